The van der Waals surface area contributed by atoms with Gasteiger partial charge in [-0.05, 0) is 28.5 Å². The second-order valence-electron chi connectivity index (χ2n) is 4.18. The van der Waals surface area contributed by atoms with Crippen molar-refractivity contribution in [2.45, 2.75) is 6.04 Å². The Hall–Kier alpha value is -1.46. The van der Waals surface area contributed by atoms with Gasteiger partial charge in [0, 0.05) is 22.7 Å². The number of benzene rings is 1. The Bertz CT molecular complexity index is 705. The summed E-state index contributed by atoms with van der Waals surface area (Å²) in [5.74, 6) is 5.73. The summed E-state index contributed by atoms with van der Waals surface area (Å²) < 4.78 is 0. The van der Waals surface area contributed by atoms with E-state index in [2.05, 4.69) is 16.5 Å². The van der Waals surface area contributed by atoms with Crippen molar-refractivity contribution in [3.8, 4) is 0 Å². The van der Waals surface area contributed by atoms with E-state index in [4.69, 9.17) is 17.4 Å². The Labute approximate surface area is 120 Å². The van der Waals surface area contributed by atoms with E-state index in [1.165, 1.54) is 0 Å². The molecule has 19 heavy (non-hydrogen) atoms. The van der Waals surface area contributed by atoms with Gasteiger partial charge in [-0.1, -0.05) is 29.8 Å². The Kier molecular flexibility index (Phi) is 3.48. The van der Waals surface area contributed by atoms with Crippen LogP contribution in [-0.2, 0) is 0 Å². The number of rotatable bonds is 3. The molecule has 0 aliphatic heterocycles. The summed E-state index contributed by atoms with van der Waals surface area (Å²) in [6.45, 7) is 0. The van der Waals surface area contributed by atoms with Crippen LogP contribution in [0.4, 0.5) is 0 Å². The molecule has 96 valence electrons. The zero-order chi connectivity index (χ0) is 13.2. The Morgan fingerprint density at radius 1 is 1.26 bits per heavy atom. The topological polar surface area (TPSA) is 50.9 Å². The summed E-state index contributed by atoms with van der Waals surface area (Å²) >= 11 is 7.80. The number of fused-ring (bicyclic) bond motifs is 1. The fourth-order valence-electron chi connectivity index (χ4n) is 2.21. The number of nitrogens with zero attached hydrogens (tertiary/aromatic N) is 1. The minimum absolute atomic E-state index is 0.125. The summed E-state index contributed by atoms with van der Waals surface area (Å²) in [7, 11) is 0. The molecule has 3 nitrogen and oxygen atoms in total. The van der Waals surface area contributed by atoms with Crippen molar-refractivity contribution in [2.24, 2.45) is 5.84 Å². The van der Waals surface area contributed by atoms with E-state index in [0.717, 1.165) is 26.2 Å². The van der Waals surface area contributed by atoms with Crippen LogP contribution in [-0.4, -0.2) is 4.98 Å². The molecule has 0 aliphatic carbocycles. The van der Waals surface area contributed by atoms with Crippen LogP contribution in [0.5, 0.6) is 0 Å². The number of pyridine rings is 1. The highest BCUT2D eigenvalue weighted by Crippen LogP contribution is 2.35. The maximum Gasteiger partial charge on any atom is 0.0824 e. The van der Waals surface area contributed by atoms with Crippen LogP contribution < -0.4 is 11.3 Å². The Morgan fingerprint density at radius 3 is 2.89 bits per heavy atom. The van der Waals surface area contributed by atoms with Gasteiger partial charge in [-0.15, -0.1) is 11.3 Å². The normalized spacial score (nSPS) is 12.7. The molecule has 1 aromatic carbocycles. The molecule has 0 bridgehead atoms. The van der Waals surface area contributed by atoms with Crippen molar-refractivity contribution in [3.05, 3.63) is 63.6 Å². The van der Waals surface area contributed by atoms with E-state index < -0.39 is 0 Å². The van der Waals surface area contributed by atoms with Gasteiger partial charge in [0.15, 0.2) is 0 Å². The number of thiophene rings is 1. The minimum atomic E-state index is -0.125. The van der Waals surface area contributed by atoms with Gasteiger partial charge in [0.2, 0.25) is 0 Å². The van der Waals surface area contributed by atoms with Gasteiger partial charge < -0.3 is 0 Å². The summed E-state index contributed by atoms with van der Waals surface area (Å²) in [6, 6.07) is 9.87. The number of aromatic nitrogens is 1. The van der Waals surface area contributed by atoms with Crippen LogP contribution in [0.1, 0.15) is 16.5 Å². The largest absolute Gasteiger partial charge is 0.271 e. The number of hydrazine groups is 1. The van der Waals surface area contributed by atoms with Gasteiger partial charge in [-0.3, -0.25) is 10.8 Å². The third-order valence-electron chi connectivity index (χ3n) is 3.10. The monoisotopic (exact) mass is 289 g/mol. The first-order valence-corrected chi connectivity index (χ1v) is 7.08. The smallest absolute Gasteiger partial charge is 0.0824 e. The SMILES string of the molecule is NNC(c1sccc1Cl)c1cccc2ccncc12. The van der Waals surface area contributed by atoms with Crippen molar-refractivity contribution >= 4 is 33.7 Å². The highest BCUT2D eigenvalue weighted by Gasteiger charge is 2.19. The van der Waals surface area contributed by atoms with Gasteiger partial charge in [-0.2, -0.15) is 0 Å². The number of nitrogens with one attached hydrogen (secondary N) is 1. The highest BCUT2D eigenvalue weighted by atomic mass is 35.5. The zero-order valence-corrected chi connectivity index (χ0v) is 11.6. The van der Waals surface area contributed by atoms with Crippen LogP contribution in [0.15, 0.2) is 48.1 Å². The van der Waals surface area contributed by atoms with Crippen LogP contribution in [0.2, 0.25) is 5.02 Å². The van der Waals surface area contributed by atoms with E-state index in [9.17, 15) is 0 Å². The summed E-state index contributed by atoms with van der Waals surface area (Å²) in [4.78, 5) is 5.21. The maximum atomic E-state index is 6.21. The predicted octanol–water partition coefficient (Wildman–Crippen LogP) is 3.50. The van der Waals surface area contributed by atoms with Gasteiger partial charge in [-0.25, -0.2) is 5.43 Å². The molecule has 0 saturated heterocycles. The van der Waals surface area contributed by atoms with Crippen molar-refractivity contribution < 1.29 is 0 Å². The summed E-state index contributed by atoms with van der Waals surface area (Å²) in [6.07, 6.45) is 3.64. The first kappa shape index (κ1) is 12.6. The molecular weight excluding hydrogens is 278 g/mol. The minimum Gasteiger partial charge on any atom is -0.271 e. The number of hydrogen-bond donors (Lipinski definition) is 2. The lowest BCUT2D eigenvalue weighted by atomic mass is 9.99. The maximum absolute atomic E-state index is 6.21. The average Bonchev–Trinajstić information content (AvgIpc) is 2.86. The second kappa shape index (κ2) is 5.27. The molecule has 5 heteroatoms. The lowest BCUT2D eigenvalue weighted by Gasteiger charge is -2.17. The average molecular weight is 290 g/mol. The highest BCUT2D eigenvalue weighted by molar-refractivity contribution is 7.10. The Morgan fingerprint density at radius 2 is 2.16 bits per heavy atom. The van der Waals surface area contributed by atoms with Crippen molar-refractivity contribution in [3.63, 3.8) is 0 Å². The first-order valence-electron chi connectivity index (χ1n) is 5.83. The van der Waals surface area contributed by atoms with E-state index in [1.54, 1.807) is 17.5 Å². The molecule has 3 aromatic rings. The molecule has 3 N–H and O–H groups in total. The number of halogens is 1. The summed E-state index contributed by atoms with van der Waals surface area (Å²) in [5, 5.41) is 4.91. The molecule has 0 fully saturated rings. The fraction of sp³-hybridized carbons (Fsp3) is 0.0714. The number of nitrogens with two attached hydrogens (primary N) is 1. The first-order chi connectivity index (χ1) is 9.31. The van der Waals surface area contributed by atoms with Gasteiger partial charge >= 0.3 is 0 Å². The molecular formula is C14H12ClN3S. The lowest BCUT2D eigenvalue weighted by Crippen LogP contribution is -2.28. The van der Waals surface area contributed by atoms with E-state index in [-0.39, 0.29) is 6.04 Å². The quantitative estimate of drug-likeness (QED) is 0.573. The predicted molar refractivity (Wildman–Crippen MR) is 80.2 cm³/mol. The number of hydrogen-bond acceptors (Lipinski definition) is 4. The molecule has 2 heterocycles. The van der Waals surface area contributed by atoms with Crippen LogP contribution >= 0.6 is 22.9 Å². The molecule has 3 rings (SSSR count). The van der Waals surface area contributed by atoms with Crippen LogP contribution in [0.3, 0.4) is 0 Å². The molecule has 0 aliphatic rings. The van der Waals surface area contributed by atoms with Gasteiger partial charge in [0.1, 0.15) is 0 Å². The third-order valence-corrected chi connectivity index (χ3v) is 4.53. The van der Waals surface area contributed by atoms with Crippen LogP contribution in [0, 0.1) is 0 Å². The zero-order valence-electron chi connectivity index (χ0n) is 10.0. The summed E-state index contributed by atoms with van der Waals surface area (Å²) in [5.41, 5.74) is 3.93. The molecule has 0 amide bonds. The third kappa shape index (κ3) is 2.24. The van der Waals surface area contributed by atoms with Crippen molar-refractivity contribution in [1.82, 2.24) is 10.4 Å². The van der Waals surface area contributed by atoms with E-state index in [1.807, 2.05) is 35.8 Å². The standard InChI is InChI=1S/C14H12ClN3S/c15-12-5-7-19-14(12)13(18-16)10-3-1-2-9-4-6-17-8-11(9)10/h1-8,13,18H,16H2. The molecule has 2 aromatic heterocycles. The van der Waals surface area contributed by atoms with E-state index in [0.29, 0.717) is 0 Å². The van der Waals surface area contributed by atoms with Gasteiger partial charge in [0.25, 0.3) is 0 Å². The van der Waals surface area contributed by atoms with Gasteiger partial charge in [0.05, 0.1) is 11.1 Å². The Balaban J connectivity index is 2.20. The van der Waals surface area contributed by atoms with Crippen LogP contribution in [0.25, 0.3) is 10.8 Å². The van der Waals surface area contributed by atoms with Crippen molar-refractivity contribution in [1.29, 1.82) is 0 Å². The molecule has 1 unspecified atom stereocenters. The molecule has 0 radical (unpaired) electrons. The molecule has 0 spiro atoms. The molecule has 0 saturated carbocycles. The molecule has 1 atom stereocenters. The fourth-order valence-corrected chi connectivity index (χ4v) is 3.45. The van der Waals surface area contributed by atoms with E-state index >= 15 is 0 Å². The van der Waals surface area contributed by atoms with Crippen molar-refractivity contribution in [2.75, 3.05) is 0 Å². The second-order valence-corrected chi connectivity index (χ2v) is 5.53. The lowest BCUT2D eigenvalue weighted by molar-refractivity contribution is 0.650.